The lowest BCUT2D eigenvalue weighted by molar-refractivity contribution is 0.507. The zero-order chi connectivity index (χ0) is 13.5. The normalized spacial score (nSPS) is 17.8. The largest absolute Gasteiger partial charge is 0.309 e. The smallest absolute Gasteiger partial charge is 0.0573 e. The van der Waals surface area contributed by atoms with Crippen molar-refractivity contribution in [2.24, 2.45) is 0 Å². The molecule has 2 rings (SSSR count). The molecule has 1 unspecified atom stereocenters. The molecule has 1 aromatic heterocycles. The Kier molecular flexibility index (Phi) is 6.18. The second kappa shape index (κ2) is 7.91. The van der Waals surface area contributed by atoms with E-state index in [4.69, 9.17) is 0 Å². The summed E-state index contributed by atoms with van der Waals surface area (Å²) in [6, 6.07) is 4.86. The molecule has 1 aliphatic carbocycles. The van der Waals surface area contributed by atoms with E-state index in [9.17, 15) is 0 Å². The standard InChI is InChI=1S/C16H26N2S/c1-3-11-17-15(4-2)16-10-9-14(12-18-16)19-13-7-5-6-8-13/h9-10,12-13,15,17H,3-8,11H2,1-2H3. The molecule has 2 nitrogen and oxygen atoms in total. The van der Waals surface area contributed by atoms with Gasteiger partial charge in [-0.2, -0.15) is 0 Å². The summed E-state index contributed by atoms with van der Waals surface area (Å²) in [5.74, 6) is 0. The van der Waals surface area contributed by atoms with E-state index in [-0.39, 0.29) is 0 Å². The summed E-state index contributed by atoms with van der Waals surface area (Å²) in [5, 5.41) is 4.39. The number of aromatic nitrogens is 1. The molecule has 0 saturated heterocycles. The van der Waals surface area contributed by atoms with Crippen molar-refractivity contribution in [1.82, 2.24) is 10.3 Å². The van der Waals surface area contributed by atoms with E-state index < -0.39 is 0 Å². The number of pyridine rings is 1. The summed E-state index contributed by atoms with van der Waals surface area (Å²) in [5.41, 5.74) is 1.19. The molecule has 1 fully saturated rings. The van der Waals surface area contributed by atoms with Gasteiger partial charge in [0.2, 0.25) is 0 Å². The van der Waals surface area contributed by atoms with E-state index in [2.05, 4.69) is 42.5 Å². The highest BCUT2D eigenvalue weighted by molar-refractivity contribution is 8.00. The zero-order valence-electron chi connectivity index (χ0n) is 12.2. The molecule has 1 heterocycles. The van der Waals surface area contributed by atoms with Gasteiger partial charge in [-0.3, -0.25) is 4.98 Å². The van der Waals surface area contributed by atoms with Gasteiger partial charge in [-0.1, -0.05) is 26.7 Å². The second-order valence-corrected chi connectivity index (χ2v) is 6.73. The van der Waals surface area contributed by atoms with Gasteiger partial charge in [0.1, 0.15) is 0 Å². The van der Waals surface area contributed by atoms with Crippen LogP contribution < -0.4 is 5.32 Å². The van der Waals surface area contributed by atoms with Crippen molar-refractivity contribution in [3.8, 4) is 0 Å². The number of thioether (sulfide) groups is 1. The Labute approximate surface area is 121 Å². The van der Waals surface area contributed by atoms with Crippen LogP contribution in [0.1, 0.15) is 64.1 Å². The van der Waals surface area contributed by atoms with Crippen LogP contribution >= 0.6 is 11.8 Å². The van der Waals surface area contributed by atoms with Gasteiger partial charge in [-0.05, 0) is 44.4 Å². The highest BCUT2D eigenvalue weighted by Gasteiger charge is 2.16. The van der Waals surface area contributed by atoms with E-state index in [1.54, 1.807) is 0 Å². The maximum atomic E-state index is 4.66. The fourth-order valence-corrected chi connectivity index (χ4v) is 3.86. The summed E-state index contributed by atoms with van der Waals surface area (Å²) in [7, 11) is 0. The molecule has 1 saturated carbocycles. The first-order valence-corrected chi connectivity index (χ1v) is 8.57. The highest BCUT2D eigenvalue weighted by Crippen LogP contribution is 2.34. The van der Waals surface area contributed by atoms with E-state index in [1.165, 1.54) is 42.7 Å². The number of hydrogen-bond donors (Lipinski definition) is 1. The monoisotopic (exact) mass is 278 g/mol. The molecular formula is C16H26N2S. The first kappa shape index (κ1) is 14.9. The topological polar surface area (TPSA) is 24.9 Å². The quantitative estimate of drug-likeness (QED) is 0.791. The van der Waals surface area contributed by atoms with Crippen molar-refractivity contribution in [3.63, 3.8) is 0 Å². The van der Waals surface area contributed by atoms with Gasteiger partial charge in [-0.15, -0.1) is 11.8 Å². The van der Waals surface area contributed by atoms with Crippen molar-refractivity contribution in [1.29, 1.82) is 0 Å². The summed E-state index contributed by atoms with van der Waals surface area (Å²) in [6.07, 6.45) is 9.90. The minimum Gasteiger partial charge on any atom is -0.309 e. The molecule has 0 spiro atoms. The molecule has 0 aliphatic heterocycles. The molecule has 0 aromatic carbocycles. The summed E-state index contributed by atoms with van der Waals surface area (Å²) in [4.78, 5) is 6.00. The van der Waals surface area contributed by atoms with Gasteiger partial charge in [0.05, 0.1) is 5.69 Å². The summed E-state index contributed by atoms with van der Waals surface area (Å²) in [6.45, 7) is 5.49. The zero-order valence-corrected chi connectivity index (χ0v) is 13.0. The minimum atomic E-state index is 0.408. The fourth-order valence-electron chi connectivity index (χ4n) is 2.64. The Balaban J connectivity index is 1.92. The van der Waals surface area contributed by atoms with Crippen molar-refractivity contribution >= 4 is 11.8 Å². The van der Waals surface area contributed by atoms with E-state index in [1.807, 2.05) is 11.8 Å². The summed E-state index contributed by atoms with van der Waals surface area (Å²) < 4.78 is 0. The lowest BCUT2D eigenvalue weighted by Gasteiger charge is -2.16. The van der Waals surface area contributed by atoms with Gasteiger partial charge in [-0.25, -0.2) is 0 Å². The van der Waals surface area contributed by atoms with Crippen LogP contribution in [-0.4, -0.2) is 16.8 Å². The van der Waals surface area contributed by atoms with Crippen molar-refractivity contribution in [3.05, 3.63) is 24.0 Å². The lowest BCUT2D eigenvalue weighted by atomic mass is 10.1. The van der Waals surface area contributed by atoms with Gasteiger partial charge in [0.15, 0.2) is 0 Å². The van der Waals surface area contributed by atoms with Crippen LogP contribution in [0.15, 0.2) is 23.2 Å². The maximum absolute atomic E-state index is 4.66. The average Bonchev–Trinajstić information content (AvgIpc) is 2.94. The average molecular weight is 278 g/mol. The van der Waals surface area contributed by atoms with Crippen LogP contribution in [0.5, 0.6) is 0 Å². The number of rotatable bonds is 7. The van der Waals surface area contributed by atoms with E-state index in [0.29, 0.717) is 6.04 Å². The molecule has 19 heavy (non-hydrogen) atoms. The van der Waals surface area contributed by atoms with Gasteiger partial charge >= 0.3 is 0 Å². The predicted molar refractivity (Wildman–Crippen MR) is 83.7 cm³/mol. The van der Waals surface area contributed by atoms with Crippen molar-refractivity contribution < 1.29 is 0 Å². The Morgan fingerprint density at radius 3 is 2.68 bits per heavy atom. The molecular weight excluding hydrogens is 252 g/mol. The third kappa shape index (κ3) is 4.50. The van der Waals surface area contributed by atoms with E-state index in [0.717, 1.165) is 18.2 Å². The van der Waals surface area contributed by atoms with E-state index >= 15 is 0 Å². The first-order valence-electron chi connectivity index (χ1n) is 7.69. The molecule has 1 aliphatic rings. The van der Waals surface area contributed by atoms with Crippen LogP contribution in [0, 0.1) is 0 Å². The Hall–Kier alpha value is -0.540. The van der Waals surface area contributed by atoms with Crippen molar-refractivity contribution in [2.75, 3.05) is 6.54 Å². The third-order valence-corrected chi connectivity index (χ3v) is 5.09. The number of nitrogens with one attached hydrogen (secondary N) is 1. The first-order chi connectivity index (χ1) is 9.33. The molecule has 106 valence electrons. The highest BCUT2D eigenvalue weighted by atomic mass is 32.2. The fraction of sp³-hybridized carbons (Fsp3) is 0.688. The predicted octanol–water partition coefficient (Wildman–Crippen LogP) is 4.57. The van der Waals surface area contributed by atoms with Crippen LogP contribution in [0.4, 0.5) is 0 Å². The van der Waals surface area contributed by atoms with Crippen LogP contribution in [-0.2, 0) is 0 Å². The molecule has 1 aromatic rings. The Bertz CT molecular complexity index is 358. The molecule has 0 amide bonds. The molecule has 1 N–H and O–H groups in total. The van der Waals surface area contributed by atoms with Gasteiger partial charge in [0, 0.05) is 22.4 Å². The van der Waals surface area contributed by atoms with Crippen LogP contribution in [0.3, 0.4) is 0 Å². The molecule has 3 heteroatoms. The number of hydrogen-bond acceptors (Lipinski definition) is 3. The molecule has 1 atom stereocenters. The van der Waals surface area contributed by atoms with Crippen LogP contribution in [0.25, 0.3) is 0 Å². The SMILES string of the molecule is CCCNC(CC)c1ccc(SC2CCCC2)cn1. The maximum Gasteiger partial charge on any atom is 0.0573 e. The molecule has 0 radical (unpaired) electrons. The third-order valence-electron chi connectivity index (χ3n) is 3.77. The van der Waals surface area contributed by atoms with Gasteiger partial charge in [0.25, 0.3) is 0 Å². The number of nitrogens with zero attached hydrogens (tertiary/aromatic N) is 1. The Morgan fingerprint density at radius 1 is 1.32 bits per heavy atom. The second-order valence-electron chi connectivity index (χ2n) is 5.36. The summed E-state index contributed by atoms with van der Waals surface area (Å²) >= 11 is 2.01. The van der Waals surface area contributed by atoms with Gasteiger partial charge < -0.3 is 5.32 Å². The van der Waals surface area contributed by atoms with Crippen molar-refractivity contribution in [2.45, 2.75) is 68.6 Å². The lowest BCUT2D eigenvalue weighted by Crippen LogP contribution is -2.22. The minimum absolute atomic E-state index is 0.408. The Morgan fingerprint density at radius 2 is 2.11 bits per heavy atom. The van der Waals surface area contributed by atoms with Crippen LogP contribution in [0.2, 0.25) is 0 Å². The molecule has 0 bridgehead atoms.